The molecular weight excluding hydrogens is 528 g/mol. The van der Waals surface area contributed by atoms with Crippen molar-refractivity contribution < 1.29 is 28.6 Å². The Hall–Kier alpha value is -4.71. The van der Waals surface area contributed by atoms with Crippen molar-refractivity contribution in [3.8, 4) is 33.8 Å². The standard InChI is InChI=1S/C36H36O6/c1-20(2)34(37)40-19-25-13-26-9-10-27(15-28(26)14-25)32-11-24(8)33(12-23(32)7)29-16-30(41-35(38)21(3)4)18-31(17-29)42-36(39)22(5)6/h9-12,15-18,25H,1,3,5,13-14,19H2,2,4,6-8H3. The molecule has 3 aromatic rings. The maximum Gasteiger partial charge on any atom is 0.338 e. The minimum absolute atomic E-state index is 0.244. The summed E-state index contributed by atoms with van der Waals surface area (Å²) in [5.41, 5.74) is 9.39. The van der Waals surface area contributed by atoms with Crippen LogP contribution in [0.15, 0.2) is 85.0 Å². The third-order valence-electron chi connectivity index (χ3n) is 7.21. The van der Waals surface area contributed by atoms with E-state index in [4.69, 9.17) is 14.2 Å². The Bertz CT molecular complexity index is 1590. The van der Waals surface area contributed by atoms with Gasteiger partial charge in [0.1, 0.15) is 11.5 Å². The lowest BCUT2D eigenvalue weighted by Crippen LogP contribution is -2.14. The molecule has 0 radical (unpaired) electrons. The Kier molecular flexibility index (Phi) is 8.96. The van der Waals surface area contributed by atoms with Crippen molar-refractivity contribution in [3.05, 3.63) is 107 Å². The van der Waals surface area contributed by atoms with Gasteiger partial charge in [-0.2, -0.15) is 0 Å². The highest BCUT2D eigenvalue weighted by Gasteiger charge is 2.24. The second kappa shape index (κ2) is 12.4. The van der Waals surface area contributed by atoms with E-state index in [1.165, 1.54) is 17.2 Å². The van der Waals surface area contributed by atoms with E-state index >= 15 is 0 Å². The lowest BCUT2D eigenvalue weighted by Gasteiger charge is -2.16. The van der Waals surface area contributed by atoms with Crippen LogP contribution in [0, 0.1) is 19.8 Å². The lowest BCUT2D eigenvalue weighted by molar-refractivity contribution is -0.140. The Morgan fingerprint density at radius 1 is 0.667 bits per heavy atom. The first-order valence-corrected chi connectivity index (χ1v) is 13.8. The van der Waals surface area contributed by atoms with Gasteiger partial charge in [0.05, 0.1) is 6.61 Å². The number of carbonyl (C=O) groups excluding carboxylic acids is 3. The Labute approximate surface area is 247 Å². The fraction of sp³-hybridized carbons (Fsp3) is 0.250. The second-order valence-electron chi connectivity index (χ2n) is 11.2. The van der Waals surface area contributed by atoms with E-state index in [1.807, 2.05) is 6.92 Å². The maximum absolute atomic E-state index is 12.2. The normalized spacial score (nSPS) is 13.6. The highest BCUT2D eigenvalue weighted by Crippen LogP contribution is 2.37. The van der Waals surface area contributed by atoms with Crippen LogP contribution in [0.2, 0.25) is 0 Å². The molecule has 0 saturated heterocycles. The molecule has 1 unspecified atom stereocenters. The molecule has 3 aromatic carbocycles. The fourth-order valence-electron chi connectivity index (χ4n) is 4.98. The topological polar surface area (TPSA) is 78.9 Å². The van der Waals surface area contributed by atoms with E-state index in [0.29, 0.717) is 12.2 Å². The third kappa shape index (κ3) is 6.95. The zero-order valence-corrected chi connectivity index (χ0v) is 24.9. The number of esters is 3. The molecule has 1 atom stereocenters. The minimum atomic E-state index is -0.569. The van der Waals surface area contributed by atoms with Crippen LogP contribution < -0.4 is 9.47 Å². The second-order valence-corrected chi connectivity index (χ2v) is 11.2. The van der Waals surface area contributed by atoms with Crippen LogP contribution in [0.25, 0.3) is 22.3 Å². The first kappa shape index (κ1) is 30.3. The molecule has 1 aliphatic carbocycles. The Balaban J connectivity index is 1.64. The molecule has 42 heavy (non-hydrogen) atoms. The molecule has 0 saturated carbocycles. The number of carbonyl (C=O) groups is 3. The van der Waals surface area contributed by atoms with Crippen LogP contribution in [0.1, 0.15) is 43.0 Å². The maximum atomic E-state index is 12.2. The molecule has 0 amide bonds. The van der Waals surface area contributed by atoms with Gasteiger partial charge in [-0.15, -0.1) is 0 Å². The summed E-state index contributed by atoms with van der Waals surface area (Å²) in [6.45, 7) is 20.2. The van der Waals surface area contributed by atoms with Gasteiger partial charge in [-0.3, -0.25) is 0 Å². The summed E-state index contributed by atoms with van der Waals surface area (Å²) in [7, 11) is 0. The van der Waals surface area contributed by atoms with E-state index in [2.05, 4.69) is 57.0 Å². The zero-order chi connectivity index (χ0) is 30.7. The first-order valence-electron chi connectivity index (χ1n) is 13.8. The molecule has 0 heterocycles. The lowest BCUT2D eigenvalue weighted by atomic mass is 9.90. The van der Waals surface area contributed by atoms with Crippen LogP contribution in [0.5, 0.6) is 11.5 Å². The van der Waals surface area contributed by atoms with Crippen LogP contribution in [0.4, 0.5) is 0 Å². The average Bonchev–Trinajstić information content (AvgIpc) is 3.34. The summed E-state index contributed by atoms with van der Waals surface area (Å²) < 4.78 is 16.4. The van der Waals surface area contributed by atoms with Gasteiger partial charge < -0.3 is 14.2 Å². The predicted octanol–water partition coefficient (Wildman–Crippen LogP) is 7.43. The van der Waals surface area contributed by atoms with Crippen molar-refractivity contribution in [2.24, 2.45) is 5.92 Å². The molecule has 6 heteroatoms. The molecule has 0 N–H and O–H groups in total. The SMILES string of the molecule is C=C(C)C(=O)OCC1Cc2ccc(-c3cc(C)c(-c4cc(OC(=O)C(=C)C)cc(OC(=O)C(=C)C)c4)cc3C)cc2C1. The monoisotopic (exact) mass is 564 g/mol. The zero-order valence-electron chi connectivity index (χ0n) is 24.9. The van der Waals surface area contributed by atoms with E-state index in [-0.39, 0.29) is 34.5 Å². The third-order valence-corrected chi connectivity index (χ3v) is 7.21. The van der Waals surface area contributed by atoms with Gasteiger partial charge in [0.15, 0.2) is 0 Å². The number of hydrogen-bond acceptors (Lipinski definition) is 6. The van der Waals surface area contributed by atoms with E-state index < -0.39 is 11.9 Å². The van der Waals surface area contributed by atoms with Gasteiger partial charge in [-0.1, -0.05) is 50.1 Å². The van der Waals surface area contributed by atoms with Gasteiger partial charge in [-0.25, -0.2) is 14.4 Å². The summed E-state index contributed by atoms with van der Waals surface area (Å²) in [6.07, 6.45) is 1.73. The molecule has 216 valence electrons. The summed E-state index contributed by atoms with van der Waals surface area (Å²) >= 11 is 0. The molecule has 6 nitrogen and oxygen atoms in total. The number of fused-ring (bicyclic) bond motifs is 1. The number of hydrogen-bond donors (Lipinski definition) is 0. The van der Waals surface area contributed by atoms with E-state index in [9.17, 15) is 14.4 Å². The summed E-state index contributed by atoms with van der Waals surface area (Å²) in [6, 6.07) is 15.7. The number of aryl methyl sites for hydroxylation is 2. The highest BCUT2D eigenvalue weighted by molar-refractivity contribution is 5.90. The smallest absolute Gasteiger partial charge is 0.338 e. The number of ether oxygens (including phenoxy) is 3. The van der Waals surface area contributed by atoms with Gasteiger partial charge in [-0.05, 0) is 104 Å². The molecule has 0 aromatic heterocycles. The van der Waals surface area contributed by atoms with Crippen molar-refractivity contribution in [3.63, 3.8) is 0 Å². The predicted molar refractivity (Wildman–Crippen MR) is 164 cm³/mol. The molecule has 0 aliphatic heterocycles. The Morgan fingerprint density at radius 2 is 1.17 bits per heavy atom. The van der Waals surface area contributed by atoms with Crippen LogP contribution in [-0.2, 0) is 32.0 Å². The van der Waals surface area contributed by atoms with Crippen molar-refractivity contribution in [1.82, 2.24) is 0 Å². The fourth-order valence-corrected chi connectivity index (χ4v) is 4.98. The quantitative estimate of drug-likeness (QED) is 0.153. The molecule has 0 bridgehead atoms. The minimum Gasteiger partial charge on any atom is -0.462 e. The van der Waals surface area contributed by atoms with E-state index in [0.717, 1.165) is 46.2 Å². The summed E-state index contributed by atoms with van der Waals surface area (Å²) in [5.74, 6) is -0.746. The van der Waals surface area contributed by atoms with Crippen LogP contribution in [-0.4, -0.2) is 24.5 Å². The van der Waals surface area contributed by atoms with Gasteiger partial charge >= 0.3 is 17.9 Å². The number of rotatable bonds is 9. The van der Waals surface area contributed by atoms with Gasteiger partial charge in [0.2, 0.25) is 0 Å². The van der Waals surface area contributed by atoms with Crippen molar-refractivity contribution >= 4 is 17.9 Å². The molecular formula is C36H36O6. The van der Waals surface area contributed by atoms with Crippen LogP contribution in [0.3, 0.4) is 0 Å². The highest BCUT2D eigenvalue weighted by atomic mass is 16.5. The van der Waals surface area contributed by atoms with Gasteiger partial charge in [0, 0.05) is 28.7 Å². The molecule has 0 fully saturated rings. The number of benzene rings is 3. The summed E-state index contributed by atoms with van der Waals surface area (Å²) in [5, 5.41) is 0. The van der Waals surface area contributed by atoms with Gasteiger partial charge in [0.25, 0.3) is 0 Å². The molecule has 1 aliphatic rings. The van der Waals surface area contributed by atoms with Crippen molar-refractivity contribution in [2.45, 2.75) is 47.5 Å². The average molecular weight is 565 g/mol. The molecule has 0 spiro atoms. The largest absolute Gasteiger partial charge is 0.462 e. The van der Waals surface area contributed by atoms with Crippen LogP contribution >= 0.6 is 0 Å². The Morgan fingerprint density at radius 3 is 1.69 bits per heavy atom. The van der Waals surface area contributed by atoms with Crippen molar-refractivity contribution in [1.29, 1.82) is 0 Å². The molecule has 4 rings (SSSR count). The van der Waals surface area contributed by atoms with Crippen molar-refractivity contribution in [2.75, 3.05) is 6.61 Å². The summed E-state index contributed by atoms with van der Waals surface area (Å²) in [4.78, 5) is 36.3. The van der Waals surface area contributed by atoms with E-state index in [1.54, 1.807) is 32.9 Å². The first-order chi connectivity index (χ1) is 19.8.